The van der Waals surface area contributed by atoms with E-state index in [0.717, 1.165) is 13.1 Å². The lowest BCUT2D eigenvalue weighted by Gasteiger charge is -1.99. The topological polar surface area (TPSA) is 32.6 Å². The van der Waals surface area contributed by atoms with E-state index in [0.29, 0.717) is 6.79 Å². The summed E-state index contributed by atoms with van der Waals surface area (Å²) in [5, 5.41) is 4.12. The molecule has 2 rings (SSSR count). The summed E-state index contributed by atoms with van der Waals surface area (Å²) in [4.78, 5) is 0. The smallest absolute Gasteiger partial charge is 0.147 e. The first-order valence-electron chi connectivity index (χ1n) is 2.83. The number of hydrogen-bond donors (Lipinski definition) is 0. The maximum atomic E-state index is 5.16. The lowest BCUT2D eigenvalue weighted by Crippen LogP contribution is -2.18. The third-order valence-corrected chi connectivity index (χ3v) is 1.60. The highest BCUT2D eigenvalue weighted by Gasteiger charge is 2.34. The molecule has 2 atom stereocenters. The van der Waals surface area contributed by atoms with Crippen LogP contribution in [-0.4, -0.2) is 32.1 Å². The zero-order valence-corrected chi connectivity index (χ0v) is 4.54. The normalized spacial score (nSPS) is 45.0. The molecule has 0 aromatic carbocycles. The van der Waals surface area contributed by atoms with Crippen molar-refractivity contribution in [3.8, 4) is 0 Å². The van der Waals surface area contributed by atoms with E-state index < -0.39 is 0 Å². The third-order valence-electron chi connectivity index (χ3n) is 1.60. The molecular weight excluding hydrogens is 106 g/mol. The fraction of sp³-hybridized carbons (Fsp3) is 1.00. The molecule has 0 saturated carbocycles. The second kappa shape index (κ2) is 1.69. The highest BCUT2D eigenvalue weighted by Crippen LogP contribution is 2.16. The van der Waals surface area contributed by atoms with Crippen molar-refractivity contribution in [2.24, 2.45) is 0 Å². The second-order valence-electron chi connectivity index (χ2n) is 2.12. The lowest BCUT2D eigenvalue weighted by atomic mass is 10.3. The molecule has 0 N–H and O–H groups in total. The predicted molar refractivity (Wildman–Crippen MR) is 26.5 cm³/mol. The minimum Gasteiger partial charge on any atom is -0.348 e. The van der Waals surface area contributed by atoms with Crippen molar-refractivity contribution >= 4 is 0 Å². The van der Waals surface area contributed by atoms with Crippen LogP contribution in [0.1, 0.15) is 0 Å². The van der Waals surface area contributed by atoms with Crippen LogP contribution in [0.5, 0.6) is 0 Å². The number of fused-ring (bicyclic) bond motifs is 1. The summed E-state index contributed by atoms with van der Waals surface area (Å²) in [7, 11) is 0. The van der Waals surface area contributed by atoms with E-state index in [4.69, 9.17) is 9.47 Å². The van der Waals surface area contributed by atoms with Gasteiger partial charge >= 0.3 is 0 Å². The van der Waals surface area contributed by atoms with E-state index in [1.807, 2.05) is 0 Å². The molecule has 0 aromatic heterocycles. The Morgan fingerprint density at radius 1 is 1.12 bits per heavy atom. The first-order chi connectivity index (χ1) is 3.97. The van der Waals surface area contributed by atoms with Gasteiger partial charge in [0.1, 0.15) is 19.0 Å². The van der Waals surface area contributed by atoms with Crippen LogP contribution in [0.3, 0.4) is 0 Å². The fourth-order valence-corrected chi connectivity index (χ4v) is 1.10. The predicted octanol–water partition coefficient (Wildman–Crippen LogP) is -0.654. The van der Waals surface area contributed by atoms with Crippen LogP contribution in [0.4, 0.5) is 0 Å². The maximum Gasteiger partial charge on any atom is 0.147 e. The number of ether oxygens (including phenoxy) is 2. The maximum absolute atomic E-state index is 5.16. The van der Waals surface area contributed by atoms with Crippen molar-refractivity contribution in [3.63, 3.8) is 0 Å². The fourth-order valence-electron chi connectivity index (χ4n) is 1.10. The summed E-state index contributed by atoms with van der Waals surface area (Å²) < 4.78 is 10.3. The Labute approximate surface area is 48.0 Å². The Kier molecular flexibility index (Phi) is 0.997. The zero-order valence-electron chi connectivity index (χ0n) is 4.54. The minimum absolute atomic E-state index is 0.287. The molecule has 0 spiro atoms. The van der Waals surface area contributed by atoms with Gasteiger partial charge in [0, 0.05) is 13.1 Å². The van der Waals surface area contributed by atoms with Crippen molar-refractivity contribution < 1.29 is 9.47 Å². The van der Waals surface area contributed by atoms with E-state index in [9.17, 15) is 0 Å². The Balaban J connectivity index is 2.04. The van der Waals surface area contributed by atoms with Crippen LogP contribution in [0.25, 0.3) is 0 Å². The molecular formula is C5H8NO2. The van der Waals surface area contributed by atoms with Gasteiger partial charge in [-0.1, -0.05) is 0 Å². The molecule has 45 valence electrons. The lowest BCUT2D eigenvalue weighted by molar-refractivity contribution is 0.0320. The van der Waals surface area contributed by atoms with Crippen molar-refractivity contribution in [3.05, 3.63) is 0 Å². The van der Waals surface area contributed by atoms with Gasteiger partial charge in [0.15, 0.2) is 0 Å². The second-order valence-corrected chi connectivity index (χ2v) is 2.12. The Morgan fingerprint density at radius 2 is 1.75 bits per heavy atom. The highest BCUT2D eigenvalue weighted by atomic mass is 16.7. The quantitative estimate of drug-likeness (QED) is 0.419. The van der Waals surface area contributed by atoms with Gasteiger partial charge in [-0.25, -0.2) is 5.32 Å². The molecule has 2 aliphatic rings. The van der Waals surface area contributed by atoms with Crippen LogP contribution in [0.2, 0.25) is 0 Å². The van der Waals surface area contributed by atoms with Crippen molar-refractivity contribution in [1.29, 1.82) is 0 Å². The summed E-state index contributed by atoms with van der Waals surface area (Å²) in [5.74, 6) is 0. The van der Waals surface area contributed by atoms with Gasteiger partial charge < -0.3 is 9.47 Å². The summed E-state index contributed by atoms with van der Waals surface area (Å²) in [5.41, 5.74) is 0. The minimum atomic E-state index is 0.287. The van der Waals surface area contributed by atoms with E-state index in [1.54, 1.807) is 0 Å². The number of rotatable bonds is 0. The SMILES string of the molecule is C1O[C@H]2C[N]C[C@H]2O1. The standard InChI is InChI=1S/C5H8NO2/c1-4-5(2-6-1)8-3-7-4/h4-5H,1-3H2/t4-,5+. The molecule has 3 heteroatoms. The highest BCUT2D eigenvalue weighted by molar-refractivity contribution is 4.84. The summed E-state index contributed by atoms with van der Waals surface area (Å²) in [6.07, 6.45) is 0.574. The van der Waals surface area contributed by atoms with Crippen molar-refractivity contribution in [2.75, 3.05) is 19.9 Å². The van der Waals surface area contributed by atoms with Gasteiger partial charge in [-0.2, -0.15) is 0 Å². The average Bonchev–Trinajstić information content (AvgIpc) is 2.15. The molecule has 8 heavy (non-hydrogen) atoms. The van der Waals surface area contributed by atoms with Crippen LogP contribution < -0.4 is 5.32 Å². The van der Waals surface area contributed by atoms with Crippen LogP contribution in [0.15, 0.2) is 0 Å². The molecule has 2 fully saturated rings. The van der Waals surface area contributed by atoms with Crippen LogP contribution in [-0.2, 0) is 9.47 Å². The van der Waals surface area contributed by atoms with Crippen molar-refractivity contribution in [2.45, 2.75) is 12.2 Å². The van der Waals surface area contributed by atoms with Crippen LogP contribution in [0, 0.1) is 0 Å². The van der Waals surface area contributed by atoms with E-state index >= 15 is 0 Å². The summed E-state index contributed by atoms with van der Waals surface area (Å²) >= 11 is 0. The monoisotopic (exact) mass is 114 g/mol. The Hall–Kier alpha value is -0.120. The summed E-state index contributed by atoms with van der Waals surface area (Å²) in [6.45, 7) is 2.15. The zero-order chi connectivity index (χ0) is 5.40. The molecule has 0 aromatic rings. The van der Waals surface area contributed by atoms with E-state index in [-0.39, 0.29) is 12.2 Å². The van der Waals surface area contributed by atoms with Gasteiger partial charge in [-0.05, 0) is 0 Å². The van der Waals surface area contributed by atoms with Crippen LogP contribution >= 0.6 is 0 Å². The number of hydrogen-bond acceptors (Lipinski definition) is 2. The first-order valence-corrected chi connectivity index (χ1v) is 2.83. The van der Waals surface area contributed by atoms with Gasteiger partial charge in [-0.3, -0.25) is 0 Å². The molecule has 1 radical (unpaired) electrons. The average molecular weight is 114 g/mol. The Bertz CT molecular complexity index is 76.4. The van der Waals surface area contributed by atoms with Gasteiger partial charge in [0.2, 0.25) is 0 Å². The molecule has 0 bridgehead atoms. The van der Waals surface area contributed by atoms with Gasteiger partial charge in [0.25, 0.3) is 0 Å². The molecule has 0 unspecified atom stereocenters. The number of nitrogens with zero attached hydrogens (tertiary/aromatic N) is 1. The first kappa shape index (κ1) is 4.73. The molecule has 0 aliphatic carbocycles. The molecule has 2 aliphatic heterocycles. The Morgan fingerprint density at radius 3 is 2.38 bits per heavy atom. The molecule has 2 heterocycles. The largest absolute Gasteiger partial charge is 0.348 e. The van der Waals surface area contributed by atoms with Gasteiger partial charge in [-0.15, -0.1) is 0 Å². The molecule has 3 nitrogen and oxygen atoms in total. The summed E-state index contributed by atoms with van der Waals surface area (Å²) in [6, 6.07) is 0. The van der Waals surface area contributed by atoms with E-state index in [2.05, 4.69) is 5.32 Å². The van der Waals surface area contributed by atoms with Gasteiger partial charge in [0.05, 0.1) is 0 Å². The molecule has 2 saturated heterocycles. The third kappa shape index (κ3) is 0.555. The van der Waals surface area contributed by atoms with E-state index in [1.165, 1.54) is 0 Å². The molecule has 0 amide bonds. The van der Waals surface area contributed by atoms with Crippen molar-refractivity contribution in [1.82, 2.24) is 5.32 Å².